The summed E-state index contributed by atoms with van der Waals surface area (Å²) in [6.45, 7) is 6.38. The van der Waals surface area contributed by atoms with E-state index in [1.165, 1.54) is 19.3 Å². The molecule has 1 aromatic rings. The number of nitrogens with zero attached hydrogens (tertiary/aromatic N) is 1. The van der Waals surface area contributed by atoms with Gasteiger partial charge in [-0.3, -0.25) is 0 Å². The average Bonchev–Trinajstić information content (AvgIpc) is 2.72. The molecule has 1 aliphatic rings. The number of benzene rings is 1. The van der Waals surface area contributed by atoms with Gasteiger partial charge in [0, 0.05) is 23.3 Å². The summed E-state index contributed by atoms with van der Waals surface area (Å²) in [6, 6.07) is 6.79. The molecule has 0 spiro atoms. The van der Waals surface area contributed by atoms with Crippen molar-refractivity contribution >= 4 is 17.3 Å². The van der Waals surface area contributed by atoms with Gasteiger partial charge in [0.2, 0.25) is 0 Å². The Kier molecular flexibility index (Phi) is 6.34. The van der Waals surface area contributed by atoms with Crippen LogP contribution in [0.1, 0.15) is 51.1 Å². The molecular formula is C17H27ClN2O. The van der Waals surface area contributed by atoms with Gasteiger partial charge in [0.15, 0.2) is 0 Å². The third-order valence-corrected chi connectivity index (χ3v) is 4.71. The van der Waals surface area contributed by atoms with Gasteiger partial charge in [0.05, 0.1) is 12.6 Å². The second-order valence-corrected chi connectivity index (χ2v) is 6.27. The molecule has 1 saturated heterocycles. The molecule has 118 valence electrons. The second-order valence-electron chi connectivity index (χ2n) is 5.86. The Hall–Kier alpha value is -0.770. The van der Waals surface area contributed by atoms with Crippen LogP contribution in [-0.2, 0) is 0 Å². The summed E-state index contributed by atoms with van der Waals surface area (Å²) in [5.74, 6) is 0. The van der Waals surface area contributed by atoms with Crippen molar-refractivity contribution < 1.29 is 5.11 Å². The van der Waals surface area contributed by atoms with Crippen LogP contribution in [0.5, 0.6) is 0 Å². The number of hydrogen-bond acceptors (Lipinski definition) is 3. The maximum atomic E-state index is 9.65. The number of aliphatic hydroxyl groups is 1. The molecule has 4 heteroatoms. The molecule has 2 rings (SSSR count). The average molecular weight is 311 g/mol. The van der Waals surface area contributed by atoms with E-state index in [1.54, 1.807) is 0 Å². The van der Waals surface area contributed by atoms with Gasteiger partial charge in [-0.15, -0.1) is 0 Å². The normalized spacial score (nSPS) is 21.1. The van der Waals surface area contributed by atoms with Crippen LogP contribution >= 0.6 is 11.6 Å². The number of hydrogen-bond donors (Lipinski definition) is 2. The summed E-state index contributed by atoms with van der Waals surface area (Å²) in [6.07, 6.45) is 4.69. The monoisotopic (exact) mass is 310 g/mol. The molecule has 21 heavy (non-hydrogen) atoms. The molecule has 0 radical (unpaired) electrons. The minimum atomic E-state index is 0.215. The summed E-state index contributed by atoms with van der Waals surface area (Å²) in [4.78, 5) is 2.32. The highest BCUT2D eigenvalue weighted by Gasteiger charge is 2.21. The van der Waals surface area contributed by atoms with Crippen molar-refractivity contribution in [1.29, 1.82) is 0 Å². The summed E-state index contributed by atoms with van der Waals surface area (Å²) in [5.41, 5.74) is 2.27. The van der Waals surface area contributed by atoms with Gasteiger partial charge >= 0.3 is 0 Å². The molecule has 1 aliphatic heterocycles. The van der Waals surface area contributed by atoms with Crippen molar-refractivity contribution in [1.82, 2.24) is 5.32 Å². The van der Waals surface area contributed by atoms with E-state index in [4.69, 9.17) is 11.6 Å². The first-order valence-electron chi connectivity index (χ1n) is 8.07. The van der Waals surface area contributed by atoms with E-state index in [0.29, 0.717) is 0 Å². The molecule has 2 unspecified atom stereocenters. The highest BCUT2D eigenvalue weighted by atomic mass is 35.5. The smallest absolute Gasteiger partial charge is 0.0635 e. The molecule has 2 atom stereocenters. The lowest BCUT2D eigenvalue weighted by atomic mass is 10.1. The standard InChI is InChI=1S/C17H27ClN2O/c1-3-19-13(2)16-9-8-14(11-17(16)18)20-10-6-4-5-7-15(20)12-21/h8-9,11,13,15,19,21H,3-7,10,12H2,1-2H3. The van der Waals surface area contributed by atoms with E-state index in [2.05, 4.69) is 42.3 Å². The molecule has 2 N–H and O–H groups in total. The highest BCUT2D eigenvalue weighted by Crippen LogP contribution is 2.30. The Morgan fingerprint density at radius 1 is 1.38 bits per heavy atom. The van der Waals surface area contributed by atoms with Crippen LogP contribution in [0.25, 0.3) is 0 Å². The SMILES string of the molecule is CCNC(C)c1ccc(N2CCCCCC2CO)cc1Cl. The lowest BCUT2D eigenvalue weighted by molar-refractivity contribution is 0.255. The van der Waals surface area contributed by atoms with E-state index < -0.39 is 0 Å². The molecule has 3 nitrogen and oxygen atoms in total. The van der Waals surface area contributed by atoms with Crippen molar-refractivity contribution in [3.63, 3.8) is 0 Å². The quantitative estimate of drug-likeness (QED) is 0.869. The lowest BCUT2D eigenvalue weighted by Gasteiger charge is -2.31. The van der Waals surface area contributed by atoms with Gasteiger partial charge < -0.3 is 15.3 Å². The van der Waals surface area contributed by atoms with E-state index >= 15 is 0 Å². The number of halogens is 1. The largest absolute Gasteiger partial charge is 0.394 e. The van der Waals surface area contributed by atoms with Gasteiger partial charge in [-0.2, -0.15) is 0 Å². The maximum Gasteiger partial charge on any atom is 0.0635 e. The molecule has 0 amide bonds. The van der Waals surface area contributed by atoms with Crippen molar-refractivity contribution in [2.75, 3.05) is 24.6 Å². The van der Waals surface area contributed by atoms with E-state index in [1.807, 2.05) is 0 Å². The van der Waals surface area contributed by atoms with Crippen LogP contribution < -0.4 is 10.2 Å². The molecule has 1 aromatic carbocycles. The topological polar surface area (TPSA) is 35.5 Å². The van der Waals surface area contributed by atoms with Crippen molar-refractivity contribution in [3.8, 4) is 0 Å². The predicted molar refractivity (Wildman–Crippen MR) is 90.2 cm³/mol. The molecule has 0 aromatic heterocycles. The summed E-state index contributed by atoms with van der Waals surface area (Å²) in [7, 11) is 0. The first-order chi connectivity index (χ1) is 10.2. The van der Waals surface area contributed by atoms with Crippen LogP contribution in [0.2, 0.25) is 5.02 Å². The van der Waals surface area contributed by atoms with Gasteiger partial charge in [-0.25, -0.2) is 0 Å². The predicted octanol–water partition coefficient (Wildman–Crippen LogP) is 3.75. The zero-order chi connectivity index (χ0) is 15.2. The van der Waals surface area contributed by atoms with Crippen molar-refractivity contribution in [2.45, 2.75) is 51.6 Å². The number of nitrogens with one attached hydrogen (secondary N) is 1. The minimum absolute atomic E-state index is 0.215. The molecule has 1 fully saturated rings. The fourth-order valence-electron chi connectivity index (χ4n) is 3.17. The first-order valence-corrected chi connectivity index (χ1v) is 8.45. The number of anilines is 1. The summed E-state index contributed by atoms with van der Waals surface area (Å²) < 4.78 is 0. The minimum Gasteiger partial charge on any atom is -0.394 e. The number of aliphatic hydroxyl groups excluding tert-OH is 1. The fraction of sp³-hybridized carbons (Fsp3) is 0.647. The molecule has 0 bridgehead atoms. The van der Waals surface area contributed by atoms with Gasteiger partial charge in [0.25, 0.3) is 0 Å². The molecular weight excluding hydrogens is 284 g/mol. The first kappa shape index (κ1) is 16.6. The second kappa shape index (κ2) is 8.02. The Labute approximate surface area is 133 Å². The van der Waals surface area contributed by atoms with Crippen LogP contribution in [0.4, 0.5) is 5.69 Å². The Bertz CT molecular complexity index is 452. The Morgan fingerprint density at radius 3 is 2.86 bits per heavy atom. The van der Waals surface area contributed by atoms with Crippen molar-refractivity contribution in [3.05, 3.63) is 28.8 Å². The summed E-state index contributed by atoms with van der Waals surface area (Å²) in [5, 5.41) is 13.8. The molecule has 0 aliphatic carbocycles. The van der Waals surface area contributed by atoms with Crippen LogP contribution in [0.15, 0.2) is 18.2 Å². The molecule has 0 saturated carbocycles. The highest BCUT2D eigenvalue weighted by molar-refractivity contribution is 6.31. The number of rotatable bonds is 5. The van der Waals surface area contributed by atoms with E-state index in [0.717, 1.165) is 35.8 Å². The van der Waals surface area contributed by atoms with Crippen LogP contribution in [0.3, 0.4) is 0 Å². The van der Waals surface area contributed by atoms with E-state index in [-0.39, 0.29) is 18.7 Å². The maximum absolute atomic E-state index is 9.65. The van der Waals surface area contributed by atoms with Gasteiger partial charge in [0.1, 0.15) is 0 Å². The van der Waals surface area contributed by atoms with Gasteiger partial charge in [-0.05, 0) is 44.0 Å². The third-order valence-electron chi connectivity index (χ3n) is 4.38. The van der Waals surface area contributed by atoms with Crippen molar-refractivity contribution in [2.24, 2.45) is 0 Å². The van der Waals surface area contributed by atoms with Crippen LogP contribution in [-0.4, -0.2) is 30.8 Å². The Morgan fingerprint density at radius 2 is 2.19 bits per heavy atom. The third kappa shape index (κ3) is 4.12. The zero-order valence-electron chi connectivity index (χ0n) is 13.1. The van der Waals surface area contributed by atoms with Gasteiger partial charge in [-0.1, -0.05) is 37.4 Å². The Balaban J connectivity index is 2.21. The summed E-state index contributed by atoms with van der Waals surface area (Å²) >= 11 is 6.48. The van der Waals surface area contributed by atoms with Crippen LogP contribution in [0, 0.1) is 0 Å². The lowest BCUT2D eigenvalue weighted by Crippen LogP contribution is -2.37. The zero-order valence-corrected chi connectivity index (χ0v) is 13.9. The fourth-order valence-corrected chi connectivity index (χ4v) is 3.51. The molecule has 1 heterocycles. The van der Waals surface area contributed by atoms with E-state index in [9.17, 15) is 5.11 Å².